The number of nitrogens with one attached hydrogen (secondary N) is 1. The molecule has 1 unspecified atom stereocenters. The lowest BCUT2D eigenvalue weighted by Crippen LogP contribution is -2.08. The van der Waals surface area contributed by atoms with E-state index in [0.717, 1.165) is 16.8 Å². The highest BCUT2D eigenvalue weighted by Crippen LogP contribution is 2.27. The molecular weight excluding hydrogens is 295 g/mol. The Morgan fingerprint density at radius 1 is 1.39 bits per heavy atom. The molecule has 0 aliphatic rings. The lowest BCUT2D eigenvalue weighted by Gasteiger charge is -2.17. The Bertz CT molecular complexity index is 543. The van der Waals surface area contributed by atoms with Crippen molar-refractivity contribution in [2.24, 2.45) is 0 Å². The van der Waals surface area contributed by atoms with Crippen molar-refractivity contribution in [2.45, 2.75) is 19.9 Å². The molecule has 0 aliphatic carbocycles. The van der Waals surface area contributed by atoms with Crippen molar-refractivity contribution in [1.82, 2.24) is 4.98 Å². The second kappa shape index (κ2) is 5.48. The normalized spacial score (nSPS) is 12.2. The molecule has 1 heterocycles. The van der Waals surface area contributed by atoms with E-state index in [9.17, 15) is 4.39 Å². The largest absolute Gasteiger partial charge is 0.378 e. The van der Waals surface area contributed by atoms with Gasteiger partial charge in [-0.05, 0) is 59.1 Å². The molecule has 0 saturated heterocycles. The van der Waals surface area contributed by atoms with Gasteiger partial charge in [0.2, 0.25) is 0 Å². The summed E-state index contributed by atoms with van der Waals surface area (Å²) < 4.78 is 13.8. The first kappa shape index (κ1) is 13.0. The number of nitrogens with zero attached hydrogens (tertiary/aromatic N) is 1. The summed E-state index contributed by atoms with van der Waals surface area (Å²) in [4.78, 5) is 4.09. The Balaban J connectivity index is 2.22. The van der Waals surface area contributed by atoms with Crippen LogP contribution in [0.3, 0.4) is 0 Å². The molecule has 1 N–H and O–H groups in total. The van der Waals surface area contributed by atoms with Gasteiger partial charge in [0.25, 0.3) is 0 Å². The van der Waals surface area contributed by atoms with Crippen LogP contribution >= 0.6 is 15.9 Å². The summed E-state index contributed by atoms with van der Waals surface area (Å²) in [5, 5.41) is 3.36. The molecule has 2 nitrogen and oxygen atoms in total. The molecule has 1 aromatic heterocycles. The Hall–Kier alpha value is -1.42. The molecule has 18 heavy (non-hydrogen) atoms. The molecule has 0 amide bonds. The van der Waals surface area contributed by atoms with Gasteiger partial charge in [-0.2, -0.15) is 0 Å². The number of aromatic nitrogens is 1. The van der Waals surface area contributed by atoms with E-state index in [4.69, 9.17) is 0 Å². The second-order valence-corrected chi connectivity index (χ2v) is 5.09. The second-order valence-electron chi connectivity index (χ2n) is 4.23. The summed E-state index contributed by atoms with van der Waals surface area (Å²) in [5.41, 5.74) is 2.89. The molecule has 0 radical (unpaired) electrons. The molecule has 0 spiro atoms. The van der Waals surface area contributed by atoms with Crippen LogP contribution in [0.25, 0.3) is 0 Å². The number of pyridine rings is 1. The quantitative estimate of drug-likeness (QED) is 0.905. The van der Waals surface area contributed by atoms with E-state index >= 15 is 0 Å². The fourth-order valence-corrected chi connectivity index (χ4v) is 2.09. The Labute approximate surface area is 114 Å². The predicted octanol–water partition coefficient (Wildman–Crippen LogP) is 4.46. The van der Waals surface area contributed by atoms with Crippen LogP contribution in [0.15, 0.2) is 41.1 Å². The zero-order chi connectivity index (χ0) is 13.1. The fraction of sp³-hybridized carbons (Fsp3) is 0.214. The third-order valence-electron chi connectivity index (χ3n) is 2.82. The average molecular weight is 309 g/mol. The van der Waals surface area contributed by atoms with E-state index in [1.165, 1.54) is 6.07 Å². The standard InChI is InChI=1S/C14H14BrFN2/c1-9-6-13(16)12(15)7-14(9)18-10(2)11-4-3-5-17-8-11/h3-8,10,18H,1-2H3. The van der Waals surface area contributed by atoms with Gasteiger partial charge in [-0.1, -0.05) is 6.07 Å². The molecule has 0 bridgehead atoms. The van der Waals surface area contributed by atoms with Crippen LogP contribution < -0.4 is 5.32 Å². The molecule has 2 rings (SSSR count). The maximum Gasteiger partial charge on any atom is 0.137 e. The number of halogens is 2. The van der Waals surface area contributed by atoms with Crippen LogP contribution in [0.4, 0.5) is 10.1 Å². The van der Waals surface area contributed by atoms with Gasteiger partial charge in [-0.3, -0.25) is 4.98 Å². The minimum absolute atomic E-state index is 0.120. The van der Waals surface area contributed by atoms with Crippen LogP contribution in [-0.2, 0) is 0 Å². The van der Waals surface area contributed by atoms with Crippen LogP contribution in [-0.4, -0.2) is 4.98 Å². The minimum atomic E-state index is -0.243. The zero-order valence-electron chi connectivity index (χ0n) is 10.2. The third kappa shape index (κ3) is 2.88. The fourth-order valence-electron chi connectivity index (χ4n) is 1.75. The number of benzene rings is 1. The van der Waals surface area contributed by atoms with E-state index in [1.807, 2.05) is 32.2 Å². The summed E-state index contributed by atoms with van der Waals surface area (Å²) in [7, 11) is 0. The Morgan fingerprint density at radius 2 is 2.17 bits per heavy atom. The molecular formula is C14H14BrFN2. The van der Waals surface area contributed by atoms with Crippen molar-refractivity contribution in [3.05, 3.63) is 58.1 Å². The monoisotopic (exact) mass is 308 g/mol. The highest BCUT2D eigenvalue weighted by Gasteiger charge is 2.09. The van der Waals surface area contributed by atoms with Crippen LogP contribution in [0.2, 0.25) is 0 Å². The van der Waals surface area contributed by atoms with Crippen molar-refractivity contribution in [3.8, 4) is 0 Å². The molecule has 0 aliphatic heterocycles. The third-order valence-corrected chi connectivity index (χ3v) is 3.43. The first-order chi connectivity index (χ1) is 8.58. The molecule has 2 aromatic rings. The van der Waals surface area contributed by atoms with Gasteiger partial charge in [-0.15, -0.1) is 0 Å². The summed E-state index contributed by atoms with van der Waals surface area (Å²) >= 11 is 3.20. The maximum atomic E-state index is 13.3. The number of anilines is 1. The number of hydrogen-bond acceptors (Lipinski definition) is 2. The highest BCUT2D eigenvalue weighted by atomic mass is 79.9. The highest BCUT2D eigenvalue weighted by molar-refractivity contribution is 9.10. The summed E-state index contributed by atoms with van der Waals surface area (Å²) in [6, 6.07) is 7.31. The van der Waals surface area contributed by atoms with Crippen LogP contribution in [0.5, 0.6) is 0 Å². The van der Waals surface area contributed by atoms with E-state index in [0.29, 0.717) is 4.47 Å². The van der Waals surface area contributed by atoms with Crippen molar-refractivity contribution in [3.63, 3.8) is 0 Å². The summed E-state index contributed by atoms with van der Waals surface area (Å²) in [6.45, 7) is 3.93. The first-order valence-electron chi connectivity index (χ1n) is 5.70. The van der Waals surface area contributed by atoms with Crippen molar-refractivity contribution in [1.29, 1.82) is 0 Å². The molecule has 1 atom stereocenters. The number of aryl methyl sites for hydroxylation is 1. The van der Waals surface area contributed by atoms with Gasteiger partial charge >= 0.3 is 0 Å². The lowest BCUT2D eigenvalue weighted by molar-refractivity contribution is 0.620. The summed E-state index contributed by atoms with van der Waals surface area (Å²) in [5.74, 6) is -0.243. The lowest BCUT2D eigenvalue weighted by atomic mass is 10.1. The van der Waals surface area contributed by atoms with E-state index in [2.05, 4.69) is 26.2 Å². The maximum absolute atomic E-state index is 13.3. The van der Waals surface area contributed by atoms with E-state index in [1.54, 1.807) is 12.3 Å². The van der Waals surface area contributed by atoms with Gasteiger partial charge in [0, 0.05) is 18.1 Å². The van der Waals surface area contributed by atoms with E-state index < -0.39 is 0 Å². The first-order valence-corrected chi connectivity index (χ1v) is 6.49. The van der Waals surface area contributed by atoms with Crippen molar-refractivity contribution in [2.75, 3.05) is 5.32 Å². The summed E-state index contributed by atoms with van der Waals surface area (Å²) in [6.07, 6.45) is 3.57. The predicted molar refractivity (Wildman–Crippen MR) is 75.1 cm³/mol. The molecule has 1 aromatic carbocycles. The molecule has 94 valence electrons. The Morgan fingerprint density at radius 3 is 2.83 bits per heavy atom. The van der Waals surface area contributed by atoms with Gasteiger partial charge in [0.05, 0.1) is 10.5 Å². The molecule has 4 heteroatoms. The average Bonchev–Trinajstić information content (AvgIpc) is 2.37. The number of rotatable bonds is 3. The van der Waals surface area contributed by atoms with Gasteiger partial charge in [0.1, 0.15) is 5.82 Å². The molecule has 0 saturated carbocycles. The topological polar surface area (TPSA) is 24.9 Å². The van der Waals surface area contributed by atoms with Gasteiger partial charge < -0.3 is 5.32 Å². The van der Waals surface area contributed by atoms with E-state index in [-0.39, 0.29) is 11.9 Å². The Kier molecular flexibility index (Phi) is 3.97. The molecule has 0 fully saturated rings. The zero-order valence-corrected chi connectivity index (χ0v) is 11.8. The van der Waals surface area contributed by atoms with Gasteiger partial charge in [-0.25, -0.2) is 4.39 Å². The van der Waals surface area contributed by atoms with Crippen LogP contribution in [0.1, 0.15) is 24.1 Å². The smallest absolute Gasteiger partial charge is 0.137 e. The SMILES string of the molecule is Cc1cc(F)c(Br)cc1NC(C)c1cccnc1. The van der Waals surface area contributed by atoms with Crippen molar-refractivity contribution >= 4 is 21.6 Å². The van der Waals surface area contributed by atoms with Gasteiger partial charge in [0.15, 0.2) is 0 Å². The van der Waals surface area contributed by atoms with Crippen molar-refractivity contribution < 1.29 is 4.39 Å². The van der Waals surface area contributed by atoms with Crippen LogP contribution in [0, 0.1) is 12.7 Å². The number of hydrogen-bond donors (Lipinski definition) is 1. The minimum Gasteiger partial charge on any atom is -0.378 e.